The summed E-state index contributed by atoms with van der Waals surface area (Å²) in [5.41, 5.74) is 3.11. The minimum Gasteiger partial charge on any atom is -0.356 e. The molecule has 0 aliphatic rings. The molecule has 0 radical (unpaired) electrons. The maximum Gasteiger partial charge on any atom is 0.207 e. The fourth-order valence-corrected chi connectivity index (χ4v) is 1.98. The highest BCUT2D eigenvalue weighted by atomic mass is 35.5. The molecular weight excluding hydrogens is 234 g/mol. The van der Waals surface area contributed by atoms with Gasteiger partial charge in [0.25, 0.3) is 0 Å². The van der Waals surface area contributed by atoms with Crippen molar-refractivity contribution in [1.82, 2.24) is 9.55 Å². The Morgan fingerprint density at radius 2 is 2.12 bits per heavy atom. The number of anilines is 1. The van der Waals surface area contributed by atoms with Gasteiger partial charge in [-0.25, -0.2) is 4.98 Å². The number of nitrogens with zero attached hydrogens (tertiary/aromatic N) is 2. The number of hydrogen-bond acceptors (Lipinski definition) is 2. The molecule has 2 aromatic rings. The molecule has 17 heavy (non-hydrogen) atoms. The Kier molecular flexibility index (Phi) is 3.38. The van der Waals surface area contributed by atoms with Gasteiger partial charge < -0.3 is 5.32 Å². The second-order valence-electron chi connectivity index (χ2n) is 4.06. The van der Waals surface area contributed by atoms with Crippen molar-refractivity contribution in [2.45, 2.75) is 20.8 Å². The summed E-state index contributed by atoms with van der Waals surface area (Å²) in [5.74, 6) is 0.831. The molecule has 0 fully saturated rings. The molecule has 3 nitrogen and oxygen atoms in total. The van der Waals surface area contributed by atoms with Gasteiger partial charge in [0.15, 0.2) is 0 Å². The second kappa shape index (κ2) is 4.80. The molecule has 2 rings (SSSR count). The van der Waals surface area contributed by atoms with E-state index >= 15 is 0 Å². The van der Waals surface area contributed by atoms with Gasteiger partial charge in [0.1, 0.15) is 0 Å². The fourth-order valence-electron chi connectivity index (χ4n) is 1.77. The molecule has 0 bridgehead atoms. The van der Waals surface area contributed by atoms with E-state index in [-0.39, 0.29) is 0 Å². The Morgan fingerprint density at radius 1 is 1.35 bits per heavy atom. The van der Waals surface area contributed by atoms with E-state index in [1.807, 2.05) is 36.7 Å². The van der Waals surface area contributed by atoms with Gasteiger partial charge in [-0.1, -0.05) is 17.7 Å². The Labute approximate surface area is 106 Å². The van der Waals surface area contributed by atoms with Gasteiger partial charge in [-0.15, -0.1) is 0 Å². The first-order valence-corrected chi connectivity index (χ1v) is 6.06. The first kappa shape index (κ1) is 12.0. The monoisotopic (exact) mass is 249 g/mol. The highest BCUT2D eigenvalue weighted by Crippen LogP contribution is 2.25. The predicted molar refractivity (Wildman–Crippen MR) is 72.2 cm³/mol. The molecule has 0 atom stereocenters. The van der Waals surface area contributed by atoms with Crippen LogP contribution >= 0.6 is 11.6 Å². The third-order valence-corrected chi connectivity index (χ3v) is 2.84. The minimum atomic E-state index is 0.729. The van der Waals surface area contributed by atoms with E-state index in [2.05, 4.69) is 23.3 Å². The topological polar surface area (TPSA) is 29.9 Å². The molecular formula is C13H16ClN3. The van der Waals surface area contributed by atoms with Crippen molar-refractivity contribution in [2.75, 3.05) is 11.9 Å². The van der Waals surface area contributed by atoms with Crippen molar-refractivity contribution < 1.29 is 0 Å². The standard InChI is InChI=1S/C13H16ClN3/c1-4-15-13-16-10(3)8-17(13)12-7-9(2)5-6-11(12)14/h5-8H,4H2,1-3H3,(H,15,16). The van der Waals surface area contributed by atoms with Crippen LogP contribution in [-0.2, 0) is 0 Å². The predicted octanol–water partition coefficient (Wildman–Crippen LogP) is 3.57. The lowest BCUT2D eigenvalue weighted by atomic mass is 10.2. The molecule has 0 spiro atoms. The number of halogens is 1. The van der Waals surface area contributed by atoms with Crippen LogP contribution in [0.2, 0.25) is 5.02 Å². The van der Waals surface area contributed by atoms with Crippen molar-refractivity contribution in [1.29, 1.82) is 0 Å². The lowest BCUT2D eigenvalue weighted by Crippen LogP contribution is -2.05. The average Bonchev–Trinajstić information content (AvgIpc) is 2.64. The summed E-state index contributed by atoms with van der Waals surface area (Å²) in [6, 6.07) is 5.98. The number of aromatic nitrogens is 2. The molecule has 0 unspecified atom stereocenters. The Morgan fingerprint density at radius 3 is 2.82 bits per heavy atom. The fraction of sp³-hybridized carbons (Fsp3) is 0.308. The van der Waals surface area contributed by atoms with Gasteiger partial charge in [-0.2, -0.15) is 0 Å². The highest BCUT2D eigenvalue weighted by Gasteiger charge is 2.09. The van der Waals surface area contributed by atoms with Gasteiger partial charge >= 0.3 is 0 Å². The molecule has 1 aromatic carbocycles. The maximum atomic E-state index is 6.24. The summed E-state index contributed by atoms with van der Waals surface area (Å²) in [4.78, 5) is 4.44. The summed E-state index contributed by atoms with van der Waals surface area (Å²) in [7, 11) is 0. The SMILES string of the molecule is CCNc1nc(C)cn1-c1cc(C)ccc1Cl. The van der Waals surface area contributed by atoms with Crippen LogP contribution in [0.1, 0.15) is 18.2 Å². The molecule has 0 aliphatic heterocycles. The van der Waals surface area contributed by atoms with Crippen LogP contribution in [0.3, 0.4) is 0 Å². The normalized spacial score (nSPS) is 10.6. The zero-order valence-corrected chi connectivity index (χ0v) is 11.0. The summed E-state index contributed by atoms with van der Waals surface area (Å²) in [6.07, 6.45) is 1.98. The number of rotatable bonds is 3. The van der Waals surface area contributed by atoms with Crippen LogP contribution in [0.25, 0.3) is 5.69 Å². The third-order valence-electron chi connectivity index (χ3n) is 2.52. The lowest BCUT2D eigenvalue weighted by Gasteiger charge is -2.10. The molecule has 90 valence electrons. The van der Waals surface area contributed by atoms with Gasteiger partial charge in [0.2, 0.25) is 5.95 Å². The molecule has 1 aromatic heterocycles. The van der Waals surface area contributed by atoms with Crippen molar-refractivity contribution in [2.24, 2.45) is 0 Å². The molecule has 0 amide bonds. The number of benzene rings is 1. The van der Waals surface area contributed by atoms with Gasteiger partial charge in [0, 0.05) is 12.7 Å². The van der Waals surface area contributed by atoms with Crippen LogP contribution in [0, 0.1) is 13.8 Å². The summed E-state index contributed by atoms with van der Waals surface area (Å²) >= 11 is 6.24. The zero-order valence-electron chi connectivity index (χ0n) is 10.3. The Bertz CT molecular complexity index is 531. The van der Waals surface area contributed by atoms with E-state index in [9.17, 15) is 0 Å². The minimum absolute atomic E-state index is 0.729. The second-order valence-corrected chi connectivity index (χ2v) is 4.47. The first-order valence-electron chi connectivity index (χ1n) is 5.68. The van der Waals surface area contributed by atoms with E-state index in [1.165, 1.54) is 5.56 Å². The van der Waals surface area contributed by atoms with Crippen LogP contribution < -0.4 is 5.32 Å². The zero-order chi connectivity index (χ0) is 12.4. The van der Waals surface area contributed by atoms with E-state index in [0.717, 1.165) is 28.9 Å². The van der Waals surface area contributed by atoms with Crippen molar-refractivity contribution >= 4 is 17.5 Å². The maximum absolute atomic E-state index is 6.24. The van der Waals surface area contributed by atoms with Crippen LogP contribution in [0.4, 0.5) is 5.95 Å². The average molecular weight is 250 g/mol. The summed E-state index contributed by atoms with van der Waals surface area (Å²) in [5, 5.41) is 3.96. The largest absolute Gasteiger partial charge is 0.356 e. The highest BCUT2D eigenvalue weighted by molar-refractivity contribution is 6.32. The van der Waals surface area contributed by atoms with Crippen molar-refractivity contribution in [3.8, 4) is 5.69 Å². The lowest BCUT2D eigenvalue weighted by molar-refractivity contribution is 1.02. The van der Waals surface area contributed by atoms with Crippen LogP contribution in [0.15, 0.2) is 24.4 Å². The molecule has 0 aliphatic carbocycles. The molecule has 0 saturated carbocycles. The van der Waals surface area contributed by atoms with E-state index < -0.39 is 0 Å². The Hall–Kier alpha value is -1.48. The third kappa shape index (κ3) is 2.44. The van der Waals surface area contributed by atoms with Crippen molar-refractivity contribution in [3.63, 3.8) is 0 Å². The smallest absolute Gasteiger partial charge is 0.207 e. The van der Waals surface area contributed by atoms with Crippen LogP contribution in [-0.4, -0.2) is 16.1 Å². The van der Waals surface area contributed by atoms with E-state index in [0.29, 0.717) is 0 Å². The molecule has 1 N–H and O–H groups in total. The molecule has 0 saturated heterocycles. The first-order chi connectivity index (χ1) is 8.11. The van der Waals surface area contributed by atoms with E-state index in [1.54, 1.807) is 0 Å². The van der Waals surface area contributed by atoms with Gasteiger partial charge in [0.05, 0.1) is 16.4 Å². The quantitative estimate of drug-likeness (QED) is 0.901. The molecule has 4 heteroatoms. The van der Waals surface area contributed by atoms with E-state index in [4.69, 9.17) is 11.6 Å². The van der Waals surface area contributed by atoms with Crippen LogP contribution in [0.5, 0.6) is 0 Å². The summed E-state index contributed by atoms with van der Waals surface area (Å²) < 4.78 is 1.99. The number of hydrogen-bond donors (Lipinski definition) is 1. The number of aryl methyl sites for hydroxylation is 2. The number of imidazole rings is 1. The van der Waals surface area contributed by atoms with Gasteiger partial charge in [-0.05, 0) is 38.5 Å². The summed E-state index contributed by atoms with van der Waals surface area (Å²) in [6.45, 7) is 6.91. The molecule has 1 heterocycles. The van der Waals surface area contributed by atoms with Crippen molar-refractivity contribution in [3.05, 3.63) is 40.7 Å². The number of nitrogens with one attached hydrogen (secondary N) is 1. The Balaban J connectivity index is 2.55. The van der Waals surface area contributed by atoms with Gasteiger partial charge in [-0.3, -0.25) is 4.57 Å².